The molecule has 0 bridgehead atoms. The van der Waals surface area contributed by atoms with Gasteiger partial charge in [0, 0.05) is 17.7 Å². The van der Waals surface area contributed by atoms with Gasteiger partial charge in [-0.1, -0.05) is 24.3 Å². The molecule has 5 rings (SSSR count). The summed E-state index contributed by atoms with van der Waals surface area (Å²) in [5, 5.41) is 9.18. The fourth-order valence-corrected chi connectivity index (χ4v) is 5.46. The van der Waals surface area contributed by atoms with E-state index in [4.69, 9.17) is 0 Å². The zero-order valence-electron chi connectivity index (χ0n) is 21.2. The molecule has 10 heteroatoms. The Balaban J connectivity index is 1.33. The molecular weight excluding hydrogens is 502 g/mol. The molecule has 0 aliphatic carbocycles. The molecule has 3 aromatic rings. The van der Waals surface area contributed by atoms with Crippen LogP contribution in [0, 0.1) is 0 Å². The van der Waals surface area contributed by atoms with E-state index in [1.807, 2.05) is 18.2 Å². The minimum Gasteiger partial charge on any atom is -0.353 e. The van der Waals surface area contributed by atoms with Crippen LogP contribution < -0.4 is 20.7 Å². The number of likely N-dealkylation sites (tertiary alicyclic amines) is 1. The molecule has 0 aromatic heterocycles. The molecule has 38 heavy (non-hydrogen) atoms. The van der Waals surface area contributed by atoms with E-state index in [0.29, 0.717) is 46.0 Å². The molecule has 2 aliphatic rings. The summed E-state index contributed by atoms with van der Waals surface area (Å²) in [5.74, 6) is -0.481. The van der Waals surface area contributed by atoms with Crippen molar-refractivity contribution in [2.24, 2.45) is 0 Å². The van der Waals surface area contributed by atoms with E-state index in [0.717, 1.165) is 37.9 Å². The lowest BCUT2D eigenvalue weighted by Crippen LogP contribution is -2.28. The maximum absolute atomic E-state index is 13.0. The Hall–Kier alpha value is -3.89. The monoisotopic (exact) mass is 533 g/mol. The van der Waals surface area contributed by atoms with Gasteiger partial charge in [0.15, 0.2) is 0 Å². The number of nitrogens with one attached hydrogen (secondary N) is 4. The normalized spacial score (nSPS) is 15.0. The molecule has 0 saturated carbocycles. The van der Waals surface area contributed by atoms with E-state index < -0.39 is 10.0 Å². The van der Waals surface area contributed by atoms with Crippen molar-refractivity contribution in [3.63, 3.8) is 0 Å². The molecule has 1 saturated heterocycles. The van der Waals surface area contributed by atoms with Gasteiger partial charge in [0.05, 0.1) is 34.6 Å². The van der Waals surface area contributed by atoms with Crippen molar-refractivity contribution in [3.05, 3.63) is 71.8 Å². The Kier molecular flexibility index (Phi) is 7.35. The van der Waals surface area contributed by atoms with Crippen LogP contribution in [0.3, 0.4) is 0 Å². The molecule has 0 spiro atoms. The summed E-state index contributed by atoms with van der Waals surface area (Å²) >= 11 is 0. The molecule has 2 aliphatic heterocycles. The van der Waals surface area contributed by atoms with Gasteiger partial charge in [-0.15, -0.1) is 0 Å². The summed E-state index contributed by atoms with van der Waals surface area (Å²) in [4.78, 5) is 28.2. The third-order valence-electron chi connectivity index (χ3n) is 6.73. The highest BCUT2D eigenvalue weighted by molar-refractivity contribution is 7.92. The summed E-state index contributed by atoms with van der Waals surface area (Å²) in [6.45, 7) is 3.86. The van der Waals surface area contributed by atoms with Gasteiger partial charge in [-0.2, -0.15) is 0 Å². The molecule has 9 nitrogen and oxygen atoms in total. The van der Waals surface area contributed by atoms with Crippen LogP contribution in [0.25, 0.3) is 11.1 Å². The lowest BCUT2D eigenvalue weighted by molar-refractivity contribution is 0.0950. The fraction of sp³-hybridized carbons (Fsp3) is 0.286. The van der Waals surface area contributed by atoms with E-state index in [9.17, 15) is 18.0 Å². The number of anilines is 4. The quantitative estimate of drug-likeness (QED) is 0.322. The van der Waals surface area contributed by atoms with E-state index >= 15 is 0 Å². The number of para-hydroxylation sites is 1. The van der Waals surface area contributed by atoms with Crippen LogP contribution in [-0.2, 0) is 10.0 Å². The highest BCUT2D eigenvalue weighted by Gasteiger charge is 2.21. The van der Waals surface area contributed by atoms with Crippen LogP contribution in [-0.4, -0.2) is 57.6 Å². The van der Waals surface area contributed by atoms with E-state index in [1.54, 1.807) is 42.5 Å². The van der Waals surface area contributed by atoms with Gasteiger partial charge in [-0.25, -0.2) is 8.42 Å². The number of hydrogen-bond donors (Lipinski definition) is 4. The summed E-state index contributed by atoms with van der Waals surface area (Å²) in [7, 11) is -3.47. The lowest BCUT2D eigenvalue weighted by atomic mass is 10.0. The molecule has 4 N–H and O–H groups in total. The second kappa shape index (κ2) is 10.8. The van der Waals surface area contributed by atoms with Crippen LogP contribution >= 0.6 is 0 Å². The second-order valence-electron chi connectivity index (χ2n) is 9.68. The van der Waals surface area contributed by atoms with Crippen LogP contribution in [0.15, 0.2) is 60.7 Å². The molecule has 1 fully saturated rings. The molecule has 0 atom stereocenters. The predicted molar refractivity (Wildman–Crippen MR) is 151 cm³/mol. The topological polar surface area (TPSA) is 120 Å². The highest BCUT2D eigenvalue weighted by atomic mass is 32.2. The average molecular weight is 534 g/mol. The smallest absolute Gasteiger partial charge is 0.257 e. The number of fused-ring (bicyclic) bond motifs is 2. The van der Waals surface area contributed by atoms with Gasteiger partial charge in [-0.05, 0) is 80.9 Å². The van der Waals surface area contributed by atoms with Crippen LogP contribution in [0.2, 0.25) is 0 Å². The highest BCUT2D eigenvalue weighted by Crippen LogP contribution is 2.37. The molecule has 0 unspecified atom stereocenters. The number of amides is 2. The molecule has 198 valence electrons. The Bertz CT molecular complexity index is 1480. The van der Waals surface area contributed by atoms with Crippen molar-refractivity contribution in [2.45, 2.75) is 19.3 Å². The van der Waals surface area contributed by atoms with Crippen LogP contribution in [0.5, 0.6) is 0 Å². The van der Waals surface area contributed by atoms with Gasteiger partial charge < -0.3 is 20.9 Å². The Morgan fingerprint density at radius 2 is 1.71 bits per heavy atom. The SMILES string of the molecule is CS(=O)(=O)Nc1ccccc1-c1ccc2c(c1)Nc1ccc(C(=O)NCCCN3CCCC3)cc1NC2=O. The number of benzene rings is 3. The minimum absolute atomic E-state index is 0.178. The maximum atomic E-state index is 13.0. The molecule has 3 aromatic carbocycles. The first-order valence-electron chi connectivity index (χ1n) is 12.7. The summed E-state index contributed by atoms with van der Waals surface area (Å²) < 4.78 is 26.2. The van der Waals surface area contributed by atoms with Crippen LogP contribution in [0.4, 0.5) is 22.7 Å². The Labute approximate surface area is 222 Å². The van der Waals surface area contributed by atoms with Gasteiger partial charge in [0.25, 0.3) is 11.8 Å². The van der Waals surface area contributed by atoms with Crippen molar-refractivity contribution >= 4 is 44.6 Å². The third kappa shape index (κ3) is 5.98. The Morgan fingerprint density at radius 1 is 0.921 bits per heavy atom. The maximum Gasteiger partial charge on any atom is 0.257 e. The zero-order chi connectivity index (χ0) is 26.7. The van der Waals surface area contributed by atoms with Gasteiger partial charge in [0.2, 0.25) is 10.0 Å². The summed E-state index contributed by atoms with van der Waals surface area (Å²) in [6.07, 6.45) is 4.50. The van der Waals surface area contributed by atoms with E-state index in [-0.39, 0.29) is 11.8 Å². The summed E-state index contributed by atoms with van der Waals surface area (Å²) in [6, 6.07) is 17.6. The number of hydrogen-bond acceptors (Lipinski definition) is 6. The lowest BCUT2D eigenvalue weighted by Gasteiger charge is -2.15. The molecule has 0 radical (unpaired) electrons. The Morgan fingerprint density at radius 3 is 2.50 bits per heavy atom. The van der Waals surface area contributed by atoms with Crippen molar-refractivity contribution < 1.29 is 18.0 Å². The molecule has 2 amide bonds. The van der Waals surface area contributed by atoms with Crippen molar-refractivity contribution in [1.29, 1.82) is 0 Å². The van der Waals surface area contributed by atoms with Crippen molar-refractivity contribution in [2.75, 3.05) is 47.8 Å². The van der Waals surface area contributed by atoms with Crippen molar-refractivity contribution in [3.8, 4) is 11.1 Å². The van der Waals surface area contributed by atoms with Gasteiger partial charge >= 0.3 is 0 Å². The number of nitrogens with zero attached hydrogens (tertiary/aromatic N) is 1. The standard InChI is InChI=1S/C28H31N5O4S/c1-38(36,37)32-23-8-3-2-7-21(23)19-9-11-22-25(17-19)30-24-12-10-20(18-26(24)31-28(22)35)27(34)29-13-6-16-33-14-4-5-15-33/h2-3,7-12,17-18,30,32H,4-6,13-16H2,1H3,(H,29,34)(H,31,35). The van der Waals surface area contributed by atoms with E-state index in [2.05, 4.69) is 25.6 Å². The predicted octanol–water partition coefficient (Wildman–Crippen LogP) is 4.25. The number of sulfonamides is 1. The first-order chi connectivity index (χ1) is 18.3. The van der Waals surface area contributed by atoms with Crippen molar-refractivity contribution in [1.82, 2.24) is 10.2 Å². The summed E-state index contributed by atoms with van der Waals surface area (Å²) in [5.41, 5.74) is 4.52. The second-order valence-corrected chi connectivity index (χ2v) is 11.4. The first kappa shape index (κ1) is 25.7. The van der Waals surface area contributed by atoms with Gasteiger partial charge in [-0.3, -0.25) is 14.3 Å². The third-order valence-corrected chi connectivity index (χ3v) is 7.32. The molecular formula is C28H31N5O4S. The fourth-order valence-electron chi connectivity index (χ4n) is 4.88. The first-order valence-corrected chi connectivity index (χ1v) is 14.6. The largest absolute Gasteiger partial charge is 0.353 e. The van der Waals surface area contributed by atoms with Crippen LogP contribution in [0.1, 0.15) is 40.0 Å². The molecule has 2 heterocycles. The van der Waals surface area contributed by atoms with E-state index in [1.165, 1.54) is 12.8 Å². The average Bonchev–Trinajstić information content (AvgIpc) is 3.35. The van der Waals surface area contributed by atoms with Gasteiger partial charge in [0.1, 0.15) is 0 Å². The number of carbonyl (C=O) groups excluding carboxylic acids is 2. The zero-order valence-corrected chi connectivity index (χ0v) is 22.0. The minimum atomic E-state index is -3.47. The number of carbonyl (C=O) groups is 2. The number of rotatable bonds is 8.